The fraction of sp³-hybridized carbons (Fsp3) is 0.188. The molecule has 0 aromatic heterocycles. The van der Waals surface area contributed by atoms with Crippen LogP contribution < -0.4 is 5.32 Å². The van der Waals surface area contributed by atoms with E-state index in [0.717, 1.165) is 5.56 Å². The predicted octanol–water partition coefficient (Wildman–Crippen LogP) is 4.99. The number of amides is 1. The van der Waals surface area contributed by atoms with Gasteiger partial charge in [0.2, 0.25) is 5.91 Å². The summed E-state index contributed by atoms with van der Waals surface area (Å²) in [6.07, 6.45) is 0. The lowest BCUT2D eigenvalue weighted by Gasteiger charge is -2.12. The van der Waals surface area contributed by atoms with Crippen LogP contribution in [0, 0.1) is 11.6 Å². The van der Waals surface area contributed by atoms with Gasteiger partial charge in [-0.05, 0) is 42.8 Å². The number of hydrogen-bond acceptors (Lipinski definition) is 2. The van der Waals surface area contributed by atoms with Gasteiger partial charge in [0.05, 0.1) is 10.9 Å². The summed E-state index contributed by atoms with van der Waals surface area (Å²) in [4.78, 5) is 12.1. The first-order chi connectivity index (χ1) is 10.5. The molecule has 0 bridgehead atoms. The van der Waals surface area contributed by atoms with Crippen molar-refractivity contribution in [2.75, 3.05) is 5.32 Å². The van der Waals surface area contributed by atoms with Crippen LogP contribution in [0.25, 0.3) is 0 Å². The van der Waals surface area contributed by atoms with Gasteiger partial charge in [-0.3, -0.25) is 4.79 Å². The second kappa shape index (κ2) is 7.74. The number of thioether (sulfide) groups is 1. The number of rotatable bonds is 5. The molecule has 6 heteroatoms. The number of benzene rings is 2. The molecule has 2 aromatic carbocycles. The van der Waals surface area contributed by atoms with Gasteiger partial charge in [0.15, 0.2) is 0 Å². The van der Waals surface area contributed by atoms with Crippen molar-refractivity contribution in [3.05, 3.63) is 64.1 Å². The van der Waals surface area contributed by atoms with E-state index in [4.69, 9.17) is 0 Å². The third-order valence-corrected chi connectivity index (χ3v) is 4.68. The SMILES string of the molecule is C[C@@H](SCc1ccc(F)cc1)C(=O)Nc1ccc(Br)cc1F. The Morgan fingerprint density at radius 2 is 1.91 bits per heavy atom. The van der Waals surface area contributed by atoms with Crippen LogP contribution in [-0.2, 0) is 10.5 Å². The van der Waals surface area contributed by atoms with Crippen molar-refractivity contribution in [3.8, 4) is 0 Å². The van der Waals surface area contributed by atoms with Crippen LogP contribution in [0.3, 0.4) is 0 Å². The van der Waals surface area contributed by atoms with E-state index >= 15 is 0 Å². The first kappa shape index (κ1) is 17.0. The van der Waals surface area contributed by atoms with Crippen molar-refractivity contribution in [3.63, 3.8) is 0 Å². The smallest absolute Gasteiger partial charge is 0.237 e. The van der Waals surface area contributed by atoms with E-state index in [1.807, 2.05) is 0 Å². The van der Waals surface area contributed by atoms with E-state index in [-0.39, 0.29) is 22.7 Å². The third kappa shape index (κ3) is 4.81. The summed E-state index contributed by atoms with van der Waals surface area (Å²) in [5.41, 5.74) is 1.09. The van der Waals surface area contributed by atoms with E-state index in [0.29, 0.717) is 10.2 Å². The van der Waals surface area contributed by atoms with Crippen LogP contribution >= 0.6 is 27.7 Å². The van der Waals surface area contributed by atoms with Gasteiger partial charge in [-0.1, -0.05) is 28.1 Å². The molecular weight excluding hydrogens is 372 g/mol. The van der Waals surface area contributed by atoms with Gasteiger partial charge in [0.25, 0.3) is 0 Å². The second-order valence-electron chi connectivity index (χ2n) is 4.69. The molecule has 0 fully saturated rings. The normalized spacial score (nSPS) is 12.0. The highest BCUT2D eigenvalue weighted by Gasteiger charge is 2.15. The average molecular weight is 386 g/mol. The van der Waals surface area contributed by atoms with E-state index in [9.17, 15) is 13.6 Å². The van der Waals surface area contributed by atoms with E-state index in [1.54, 1.807) is 25.1 Å². The van der Waals surface area contributed by atoms with Gasteiger partial charge < -0.3 is 5.32 Å². The Morgan fingerprint density at radius 1 is 1.23 bits per heavy atom. The zero-order valence-electron chi connectivity index (χ0n) is 11.8. The van der Waals surface area contributed by atoms with Gasteiger partial charge in [0, 0.05) is 10.2 Å². The number of carbonyl (C=O) groups excluding carboxylic acids is 1. The second-order valence-corrected chi connectivity index (χ2v) is 6.94. The molecule has 1 amide bonds. The standard InChI is InChI=1S/C16H14BrF2NOS/c1-10(22-9-11-2-5-13(18)6-3-11)16(21)20-15-7-4-12(17)8-14(15)19/h2-8,10H,9H2,1H3,(H,20,21)/t10-/m1/s1. The first-order valence-corrected chi connectivity index (χ1v) is 8.42. The molecule has 2 nitrogen and oxygen atoms in total. The van der Waals surface area contributed by atoms with Crippen LogP contribution in [0.5, 0.6) is 0 Å². The fourth-order valence-electron chi connectivity index (χ4n) is 1.70. The highest BCUT2D eigenvalue weighted by molar-refractivity contribution is 9.10. The molecule has 0 saturated carbocycles. The van der Waals surface area contributed by atoms with Crippen molar-refractivity contribution in [2.24, 2.45) is 0 Å². The minimum atomic E-state index is -0.488. The van der Waals surface area contributed by atoms with E-state index in [2.05, 4.69) is 21.2 Å². The highest BCUT2D eigenvalue weighted by atomic mass is 79.9. The average Bonchev–Trinajstić information content (AvgIpc) is 2.49. The maximum Gasteiger partial charge on any atom is 0.237 e. The van der Waals surface area contributed by atoms with E-state index in [1.165, 1.54) is 36.0 Å². The predicted molar refractivity (Wildman–Crippen MR) is 89.9 cm³/mol. The molecule has 0 spiro atoms. The molecule has 0 aliphatic rings. The lowest BCUT2D eigenvalue weighted by Crippen LogP contribution is -2.23. The fourth-order valence-corrected chi connectivity index (χ4v) is 2.88. The van der Waals surface area contributed by atoms with Crippen molar-refractivity contribution in [2.45, 2.75) is 17.9 Å². The Morgan fingerprint density at radius 3 is 2.55 bits per heavy atom. The monoisotopic (exact) mass is 385 g/mol. The summed E-state index contributed by atoms with van der Waals surface area (Å²) in [5.74, 6) is -0.463. The van der Waals surface area contributed by atoms with Crippen molar-refractivity contribution in [1.29, 1.82) is 0 Å². The van der Waals surface area contributed by atoms with Crippen LogP contribution in [-0.4, -0.2) is 11.2 Å². The third-order valence-electron chi connectivity index (χ3n) is 2.97. The summed E-state index contributed by atoms with van der Waals surface area (Å²) in [6.45, 7) is 1.75. The quantitative estimate of drug-likeness (QED) is 0.785. The lowest BCUT2D eigenvalue weighted by molar-refractivity contribution is -0.115. The largest absolute Gasteiger partial charge is 0.323 e. The van der Waals surface area contributed by atoms with Gasteiger partial charge in [-0.2, -0.15) is 0 Å². The molecule has 22 heavy (non-hydrogen) atoms. The molecule has 2 rings (SSSR count). The summed E-state index contributed by atoms with van der Waals surface area (Å²) in [6, 6.07) is 10.6. The van der Waals surface area contributed by atoms with Crippen LogP contribution in [0.15, 0.2) is 46.9 Å². The Labute approximate surface area is 140 Å². The van der Waals surface area contributed by atoms with Crippen LogP contribution in [0.4, 0.5) is 14.5 Å². The summed E-state index contributed by atoms with van der Waals surface area (Å²) < 4.78 is 27.1. The van der Waals surface area contributed by atoms with Crippen LogP contribution in [0.2, 0.25) is 0 Å². The number of halogens is 3. The maximum absolute atomic E-state index is 13.7. The molecule has 0 unspecified atom stereocenters. The molecule has 0 heterocycles. The van der Waals surface area contributed by atoms with Gasteiger partial charge in [0.1, 0.15) is 11.6 Å². The van der Waals surface area contributed by atoms with Crippen molar-refractivity contribution >= 4 is 39.3 Å². The summed E-state index contributed by atoms with van der Waals surface area (Å²) in [5, 5.41) is 2.21. The zero-order chi connectivity index (χ0) is 16.1. The topological polar surface area (TPSA) is 29.1 Å². The summed E-state index contributed by atoms with van der Waals surface area (Å²) >= 11 is 4.57. The van der Waals surface area contributed by atoms with E-state index < -0.39 is 5.82 Å². The number of carbonyl (C=O) groups is 1. The molecule has 0 aliphatic heterocycles. The molecule has 1 N–H and O–H groups in total. The van der Waals surface area contributed by atoms with Gasteiger partial charge >= 0.3 is 0 Å². The minimum absolute atomic E-state index is 0.155. The Balaban J connectivity index is 1.90. The zero-order valence-corrected chi connectivity index (χ0v) is 14.2. The minimum Gasteiger partial charge on any atom is -0.323 e. The molecule has 0 saturated heterocycles. The van der Waals surface area contributed by atoms with Gasteiger partial charge in [-0.25, -0.2) is 8.78 Å². The Hall–Kier alpha value is -1.40. The molecular formula is C16H14BrF2NOS. The molecule has 0 radical (unpaired) electrons. The molecule has 1 atom stereocenters. The molecule has 2 aromatic rings. The molecule has 0 aliphatic carbocycles. The number of anilines is 1. The lowest BCUT2D eigenvalue weighted by atomic mass is 10.2. The van der Waals surface area contributed by atoms with Gasteiger partial charge in [-0.15, -0.1) is 11.8 Å². The maximum atomic E-state index is 13.7. The first-order valence-electron chi connectivity index (χ1n) is 6.57. The number of hydrogen-bond donors (Lipinski definition) is 1. The van der Waals surface area contributed by atoms with Crippen LogP contribution in [0.1, 0.15) is 12.5 Å². The highest BCUT2D eigenvalue weighted by Crippen LogP contribution is 2.22. The number of nitrogens with one attached hydrogen (secondary N) is 1. The Kier molecular flexibility index (Phi) is 5.97. The summed E-state index contributed by atoms with van der Waals surface area (Å²) in [7, 11) is 0. The van der Waals surface area contributed by atoms with Crippen molar-refractivity contribution < 1.29 is 13.6 Å². The molecule has 116 valence electrons. The van der Waals surface area contributed by atoms with Crippen molar-refractivity contribution in [1.82, 2.24) is 0 Å². The Bertz CT molecular complexity index is 664.